The maximum Gasteiger partial charge on any atom is 0.320 e. The van der Waals surface area contributed by atoms with Gasteiger partial charge in [0.2, 0.25) is 0 Å². The van der Waals surface area contributed by atoms with Crippen molar-refractivity contribution in [3.63, 3.8) is 0 Å². The number of amides is 2. The zero-order chi connectivity index (χ0) is 14.8. The Hall–Kier alpha value is -2.16. The Bertz CT molecular complexity index is 537. The molecule has 3 heterocycles. The molecule has 3 rings (SSSR count). The second-order valence-corrected chi connectivity index (χ2v) is 5.30. The van der Waals surface area contributed by atoms with Gasteiger partial charge in [0, 0.05) is 39.3 Å². The second-order valence-electron chi connectivity index (χ2n) is 5.30. The van der Waals surface area contributed by atoms with E-state index in [1.54, 1.807) is 16.1 Å². The van der Waals surface area contributed by atoms with E-state index in [0.29, 0.717) is 45.8 Å². The normalized spacial score (nSPS) is 19.4. The first-order valence-corrected chi connectivity index (χ1v) is 6.98. The molecule has 0 unspecified atom stereocenters. The van der Waals surface area contributed by atoms with Gasteiger partial charge in [-0.05, 0) is 0 Å². The van der Waals surface area contributed by atoms with Crippen molar-refractivity contribution in [2.75, 3.05) is 39.3 Å². The summed E-state index contributed by atoms with van der Waals surface area (Å²) in [5, 5.41) is 16.6. The zero-order valence-electron chi connectivity index (χ0n) is 11.7. The fraction of sp³-hybridized carbons (Fsp3) is 0.667. The van der Waals surface area contributed by atoms with Crippen LogP contribution >= 0.6 is 0 Å². The van der Waals surface area contributed by atoms with E-state index < -0.39 is 5.97 Å². The molecule has 21 heavy (non-hydrogen) atoms. The number of aromatic nitrogens is 3. The highest BCUT2D eigenvalue weighted by atomic mass is 16.4. The Kier molecular flexibility index (Phi) is 3.74. The van der Waals surface area contributed by atoms with Crippen LogP contribution < -0.4 is 0 Å². The number of carbonyl (C=O) groups excluding carboxylic acids is 1. The van der Waals surface area contributed by atoms with Crippen molar-refractivity contribution in [1.29, 1.82) is 0 Å². The van der Waals surface area contributed by atoms with Gasteiger partial charge in [0.25, 0.3) is 0 Å². The minimum absolute atomic E-state index is 0.000718. The van der Waals surface area contributed by atoms with Gasteiger partial charge < -0.3 is 19.5 Å². The number of fused-ring (bicyclic) bond motifs is 1. The number of hydrogen-bond acceptors (Lipinski definition) is 5. The summed E-state index contributed by atoms with van der Waals surface area (Å²) in [5.41, 5.74) is 0. The molecule has 1 aromatic rings. The summed E-state index contributed by atoms with van der Waals surface area (Å²) in [6.45, 7) is 4.21. The maximum absolute atomic E-state index is 12.5. The van der Waals surface area contributed by atoms with Gasteiger partial charge in [-0.1, -0.05) is 0 Å². The molecule has 1 N–H and O–H groups in total. The molecule has 0 radical (unpaired) electrons. The standard InChI is InChI=1S/C12H18N6O3/c19-11(20)8-15-1-3-16(4-2-15)12(21)17-5-6-18-9-13-14-10(18)7-17/h9H,1-8H2,(H,19,20). The van der Waals surface area contributed by atoms with E-state index in [4.69, 9.17) is 5.11 Å². The van der Waals surface area contributed by atoms with Crippen LogP contribution in [0.2, 0.25) is 0 Å². The molecule has 114 valence electrons. The van der Waals surface area contributed by atoms with E-state index in [0.717, 1.165) is 5.82 Å². The highest BCUT2D eigenvalue weighted by molar-refractivity contribution is 5.74. The van der Waals surface area contributed by atoms with Crippen molar-refractivity contribution >= 4 is 12.0 Å². The summed E-state index contributed by atoms with van der Waals surface area (Å²) in [6, 6.07) is -0.000718. The fourth-order valence-corrected chi connectivity index (χ4v) is 2.72. The first kappa shape index (κ1) is 13.8. The van der Waals surface area contributed by atoms with Crippen molar-refractivity contribution in [2.24, 2.45) is 0 Å². The maximum atomic E-state index is 12.5. The number of urea groups is 1. The van der Waals surface area contributed by atoms with Gasteiger partial charge in [0.15, 0.2) is 5.82 Å². The number of carbonyl (C=O) groups is 2. The van der Waals surface area contributed by atoms with Crippen LogP contribution in [0.1, 0.15) is 5.82 Å². The molecule has 1 fully saturated rings. The molecule has 0 aromatic carbocycles. The Morgan fingerprint density at radius 2 is 1.81 bits per heavy atom. The molecule has 2 aliphatic heterocycles. The van der Waals surface area contributed by atoms with Gasteiger partial charge in [-0.2, -0.15) is 0 Å². The molecule has 0 atom stereocenters. The van der Waals surface area contributed by atoms with Crippen LogP contribution in [0, 0.1) is 0 Å². The first-order valence-electron chi connectivity index (χ1n) is 6.98. The van der Waals surface area contributed by atoms with Gasteiger partial charge in [-0.25, -0.2) is 4.79 Å². The van der Waals surface area contributed by atoms with Crippen LogP contribution in [0.4, 0.5) is 4.79 Å². The lowest BCUT2D eigenvalue weighted by molar-refractivity contribution is -0.138. The monoisotopic (exact) mass is 294 g/mol. The molecular weight excluding hydrogens is 276 g/mol. The third-order valence-corrected chi connectivity index (χ3v) is 3.91. The minimum atomic E-state index is -0.829. The van der Waals surface area contributed by atoms with Crippen LogP contribution in [-0.4, -0.2) is 85.8 Å². The largest absolute Gasteiger partial charge is 0.480 e. The minimum Gasteiger partial charge on any atom is -0.480 e. The van der Waals surface area contributed by atoms with E-state index in [1.807, 2.05) is 9.47 Å². The molecule has 0 bridgehead atoms. The smallest absolute Gasteiger partial charge is 0.320 e. The fourth-order valence-electron chi connectivity index (χ4n) is 2.72. The summed E-state index contributed by atoms with van der Waals surface area (Å²) in [4.78, 5) is 28.6. The number of piperazine rings is 1. The summed E-state index contributed by atoms with van der Waals surface area (Å²) >= 11 is 0. The van der Waals surface area contributed by atoms with Crippen molar-refractivity contribution in [3.8, 4) is 0 Å². The molecule has 0 spiro atoms. The summed E-state index contributed by atoms with van der Waals surface area (Å²) in [5.74, 6) is -0.0238. The van der Waals surface area contributed by atoms with E-state index in [2.05, 4.69) is 10.2 Å². The van der Waals surface area contributed by atoms with Gasteiger partial charge in [-0.3, -0.25) is 9.69 Å². The highest BCUT2D eigenvalue weighted by Gasteiger charge is 2.28. The summed E-state index contributed by atoms with van der Waals surface area (Å²) in [7, 11) is 0. The average molecular weight is 294 g/mol. The first-order chi connectivity index (χ1) is 10.1. The van der Waals surface area contributed by atoms with Crippen molar-refractivity contribution in [3.05, 3.63) is 12.2 Å². The quantitative estimate of drug-likeness (QED) is 0.745. The van der Waals surface area contributed by atoms with E-state index in [1.165, 1.54) is 0 Å². The molecule has 9 nitrogen and oxygen atoms in total. The van der Waals surface area contributed by atoms with Crippen LogP contribution in [0.25, 0.3) is 0 Å². The van der Waals surface area contributed by atoms with Gasteiger partial charge in [0.1, 0.15) is 6.33 Å². The molecule has 1 saturated heterocycles. The van der Waals surface area contributed by atoms with Gasteiger partial charge in [0.05, 0.1) is 13.1 Å². The highest BCUT2D eigenvalue weighted by Crippen LogP contribution is 2.13. The molecule has 2 aliphatic rings. The van der Waals surface area contributed by atoms with Gasteiger partial charge in [-0.15, -0.1) is 10.2 Å². The van der Waals surface area contributed by atoms with Crippen LogP contribution in [0.3, 0.4) is 0 Å². The SMILES string of the molecule is O=C(O)CN1CCN(C(=O)N2CCn3cnnc3C2)CC1. The van der Waals surface area contributed by atoms with E-state index in [-0.39, 0.29) is 12.6 Å². The second kappa shape index (κ2) is 5.68. The van der Waals surface area contributed by atoms with Crippen molar-refractivity contribution < 1.29 is 14.7 Å². The summed E-state index contributed by atoms with van der Waals surface area (Å²) in [6.07, 6.45) is 1.68. The molecule has 2 amide bonds. The summed E-state index contributed by atoms with van der Waals surface area (Å²) < 4.78 is 1.95. The molecule has 1 aromatic heterocycles. The van der Waals surface area contributed by atoms with Crippen molar-refractivity contribution in [2.45, 2.75) is 13.1 Å². The van der Waals surface area contributed by atoms with E-state index >= 15 is 0 Å². The number of hydrogen-bond donors (Lipinski definition) is 1. The van der Waals surface area contributed by atoms with Crippen LogP contribution in [-0.2, 0) is 17.9 Å². The predicted octanol–water partition coefficient (Wildman–Crippen LogP) is -1.08. The van der Waals surface area contributed by atoms with E-state index in [9.17, 15) is 9.59 Å². The topological polar surface area (TPSA) is 94.8 Å². The third-order valence-electron chi connectivity index (χ3n) is 3.91. The average Bonchev–Trinajstić information content (AvgIpc) is 2.94. The Morgan fingerprint density at radius 1 is 1.10 bits per heavy atom. The number of carboxylic acids is 1. The third kappa shape index (κ3) is 2.97. The predicted molar refractivity (Wildman–Crippen MR) is 71.5 cm³/mol. The molecular formula is C12H18N6O3. The van der Waals surface area contributed by atoms with Crippen LogP contribution in [0.15, 0.2) is 6.33 Å². The molecule has 9 heteroatoms. The molecule has 0 saturated carbocycles. The zero-order valence-corrected chi connectivity index (χ0v) is 11.7. The lowest BCUT2D eigenvalue weighted by Crippen LogP contribution is -2.54. The lowest BCUT2D eigenvalue weighted by atomic mass is 10.3. The lowest BCUT2D eigenvalue weighted by Gasteiger charge is -2.37. The Balaban J connectivity index is 1.54. The molecule has 0 aliphatic carbocycles. The number of carboxylic acid groups (broad SMARTS) is 1. The number of rotatable bonds is 2. The number of nitrogens with zero attached hydrogens (tertiary/aromatic N) is 6. The number of aliphatic carboxylic acids is 1. The van der Waals surface area contributed by atoms with Crippen molar-refractivity contribution in [1.82, 2.24) is 29.5 Å². The van der Waals surface area contributed by atoms with Gasteiger partial charge >= 0.3 is 12.0 Å². The Labute approximate surface area is 121 Å². The van der Waals surface area contributed by atoms with Crippen LogP contribution in [0.5, 0.6) is 0 Å². The Morgan fingerprint density at radius 3 is 2.52 bits per heavy atom.